The molecule has 1 atom stereocenters. The molecule has 1 aromatic rings. The lowest BCUT2D eigenvalue weighted by Crippen LogP contribution is -2.07. The first-order valence-electron chi connectivity index (χ1n) is 5.06. The van der Waals surface area contributed by atoms with Crippen LogP contribution in [0.1, 0.15) is 19.8 Å². The van der Waals surface area contributed by atoms with Gasteiger partial charge in [-0.2, -0.15) is 0 Å². The number of anilines is 2. The summed E-state index contributed by atoms with van der Waals surface area (Å²) in [6.07, 6.45) is 1.32. The molecular weight excluding hydrogens is 195 g/mol. The molecule has 0 saturated carbocycles. The molecule has 0 aromatic heterocycles. The van der Waals surface area contributed by atoms with E-state index in [1.54, 1.807) is 13.0 Å². The molecule has 0 amide bonds. The fourth-order valence-corrected chi connectivity index (χ4v) is 1.32. The Hall–Kier alpha value is -1.29. The zero-order chi connectivity index (χ0) is 11.3. The van der Waals surface area contributed by atoms with Crippen molar-refractivity contribution in [1.82, 2.24) is 0 Å². The van der Waals surface area contributed by atoms with E-state index in [4.69, 9.17) is 10.8 Å². The number of hydrogen-bond acceptors (Lipinski definition) is 3. The van der Waals surface area contributed by atoms with E-state index in [-0.39, 0.29) is 11.9 Å². The van der Waals surface area contributed by atoms with Crippen molar-refractivity contribution < 1.29 is 9.50 Å². The van der Waals surface area contributed by atoms with Crippen LogP contribution >= 0.6 is 0 Å². The van der Waals surface area contributed by atoms with E-state index >= 15 is 0 Å². The van der Waals surface area contributed by atoms with Crippen molar-refractivity contribution in [2.45, 2.75) is 25.9 Å². The number of aliphatic hydroxyl groups excluding tert-OH is 1. The highest BCUT2D eigenvalue weighted by Gasteiger charge is 2.00. The number of benzene rings is 1. The van der Waals surface area contributed by atoms with Gasteiger partial charge in [-0.1, -0.05) is 0 Å². The number of nitrogens with one attached hydrogen (secondary N) is 1. The molecule has 0 fully saturated rings. The number of nitrogens with two attached hydrogens (primary N) is 1. The summed E-state index contributed by atoms with van der Waals surface area (Å²) in [4.78, 5) is 0. The first kappa shape index (κ1) is 11.8. The Morgan fingerprint density at radius 1 is 1.53 bits per heavy atom. The van der Waals surface area contributed by atoms with Crippen LogP contribution in [0.15, 0.2) is 18.2 Å². The average molecular weight is 212 g/mol. The molecule has 84 valence electrons. The molecule has 0 heterocycles. The smallest absolute Gasteiger partial charge is 0.125 e. The van der Waals surface area contributed by atoms with Gasteiger partial charge in [0.15, 0.2) is 0 Å². The summed E-state index contributed by atoms with van der Waals surface area (Å²) in [5.41, 5.74) is 6.76. The lowest BCUT2D eigenvalue weighted by atomic mass is 10.2. The topological polar surface area (TPSA) is 58.3 Å². The van der Waals surface area contributed by atoms with Gasteiger partial charge >= 0.3 is 0 Å². The Kier molecular flexibility index (Phi) is 4.37. The summed E-state index contributed by atoms with van der Waals surface area (Å²) in [6.45, 7) is 2.48. The second-order valence-electron chi connectivity index (χ2n) is 3.65. The van der Waals surface area contributed by atoms with Crippen LogP contribution in [0.25, 0.3) is 0 Å². The largest absolute Gasteiger partial charge is 0.397 e. The van der Waals surface area contributed by atoms with Crippen molar-refractivity contribution in [3.05, 3.63) is 24.0 Å². The number of hydrogen-bond donors (Lipinski definition) is 3. The number of halogens is 1. The molecule has 4 N–H and O–H groups in total. The number of rotatable bonds is 5. The zero-order valence-corrected chi connectivity index (χ0v) is 8.83. The van der Waals surface area contributed by atoms with Gasteiger partial charge in [-0.25, -0.2) is 4.39 Å². The highest BCUT2D eigenvalue weighted by molar-refractivity contribution is 5.65. The summed E-state index contributed by atoms with van der Waals surface area (Å²) < 4.78 is 12.7. The van der Waals surface area contributed by atoms with Gasteiger partial charge in [0.1, 0.15) is 5.82 Å². The lowest BCUT2D eigenvalue weighted by Gasteiger charge is -2.09. The van der Waals surface area contributed by atoms with Crippen LogP contribution < -0.4 is 11.1 Å². The second-order valence-corrected chi connectivity index (χ2v) is 3.65. The fourth-order valence-electron chi connectivity index (χ4n) is 1.32. The first-order valence-corrected chi connectivity index (χ1v) is 5.06. The molecule has 0 aliphatic rings. The van der Waals surface area contributed by atoms with Crippen LogP contribution in [-0.4, -0.2) is 17.8 Å². The van der Waals surface area contributed by atoms with Gasteiger partial charge in [0.05, 0.1) is 17.5 Å². The Balaban J connectivity index is 2.37. The molecule has 0 spiro atoms. The SMILES string of the molecule is CC(O)CCCNc1ccc(F)cc1N. The predicted molar refractivity (Wildman–Crippen MR) is 60.2 cm³/mol. The maximum atomic E-state index is 12.7. The molecule has 0 aliphatic heterocycles. The molecule has 1 rings (SSSR count). The molecule has 0 bridgehead atoms. The van der Waals surface area contributed by atoms with E-state index in [0.29, 0.717) is 5.69 Å². The van der Waals surface area contributed by atoms with E-state index in [0.717, 1.165) is 25.1 Å². The van der Waals surface area contributed by atoms with E-state index in [1.807, 2.05) is 0 Å². The molecule has 1 aromatic carbocycles. The van der Waals surface area contributed by atoms with Crippen molar-refractivity contribution in [2.75, 3.05) is 17.6 Å². The Morgan fingerprint density at radius 2 is 2.27 bits per heavy atom. The van der Waals surface area contributed by atoms with Crippen LogP contribution in [0.4, 0.5) is 15.8 Å². The highest BCUT2D eigenvalue weighted by atomic mass is 19.1. The van der Waals surface area contributed by atoms with Crippen molar-refractivity contribution in [1.29, 1.82) is 0 Å². The summed E-state index contributed by atoms with van der Waals surface area (Å²) >= 11 is 0. The highest BCUT2D eigenvalue weighted by Crippen LogP contribution is 2.18. The molecule has 0 saturated heterocycles. The molecule has 0 aliphatic carbocycles. The van der Waals surface area contributed by atoms with Crippen molar-refractivity contribution in [2.24, 2.45) is 0 Å². The van der Waals surface area contributed by atoms with Crippen LogP contribution in [0.3, 0.4) is 0 Å². The molecule has 1 unspecified atom stereocenters. The normalized spacial score (nSPS) is 12.5. The third-order valence-corrected chi connectivity index (χ3v) is 2.13. The van der Waals surface area contributed by atoms with Crippen LogP contribution in [0.2, 0.25) is 0 Å². The minimum absolute atomic E-state index is 0.280. The average Bonchev–Trinajstić information content (AvgIpc) is 2.14. The van der Waals surface area contributed by atoms with E-state index in [1.165, 1.54) is 12.1 Å². The standard InChI is InChI=1S/C11H17FN2O/c1-8(15)3-2-6-14-11-5-4-9(12)7-10(11)13/h4-5,7-8,14-15H,2-3,6,13H2,1H3. The molecular formula is C11H17FN2O. The third-order valence-electron chi connectivity index (χ3n) is 2.13. The minimum atomic E-state index is -0.331. The number of nitrogen functional groups attached to an aromatic ring is 1. The van der Waals surface area contributed by atoms with Gasteiger partial charge < -0.3 is 16.2 Å². The van der Waals surface area contributed by atoms with Crippen molar-refractivity contribution in [3.63, 3.8) is 0 Å². The maximum absolute atomic E-state index is 12.7. The Bertz CT molecular complexity index is 315. The maximum Gasteiger partial charge on any atom is 0.125 e. The molecule has 0 radical (unpaired) electrons. The van der Waals surface area contributed by atoms with Crippen LogP contribution in [0, 0.1) is 5.82 Å². The number of aliphatic hydroxyl groups is 1. The van der Waals surface area contributed by atoms with Gasteiger partial charge in [-0.3, -0.25) is 0 Å². The van der Waals surface area contributed by atoms with Gasteiger partial charge in [0.25, 0.3) is 0 Å². The summed E-state index contributed by atoms with van der Waals surface area (Å²) in [6, 6.07) is 4.28. The van der Waals surface area contributed by atoms with E-state index < -0.39 is 0 Å². The Labute approximate surface area is 89.1 Å². The predicted octanol–water partition coefficient (Wildman–Crippen LogP) is 1.98. The van der Waals surface area contributed by atoms with Crippen molar-refractivity contribution in [3.8, 4) is 0 Å². The summed E-state index contributed by atoms with van der Waals surface area (Å²) in [7, 11) is 0. The van der Waals surface area contributed by atoms with Gasteiger partial charge in [-0.05, 0) is 38.0 Å². The summed E-state index contributed by atoms with van der Waals surface area (Å²) in [5.74, 6) is -0.331. The zero-order valence-electron chi connectivity index (χ0n) is 8.83. The van der Waals surface area contributed by atoms with Gasteiger partial charge in [-0.15, -0.1) is 0 Å². The summed E-state index contributed by atoms with van der Waals surface area (Å²) in [5, 5.41) is 12.1. The van der Waals surface area contributed by atoms with Gasteiger partial charge in [0, 0.05) is 6.54 Å². The Morgan fingerprint density at radius 3 is 2.87 bits per heavy atom. The van der Waals surface area contributed by atoms with Gasteiger partial charge in [0.2, 0.25) is 0 Å². The van der Waals surface area contributed by atoms with Crippen molar-refractivity contribution >= 4 is 11.4 Å². The minimum Gasteiger partial charge on any atom is -0.397 e. The van der Waals surface area contributed by atoms with Crippen LogP contribution in [-0.2, 0) is 0 Å². The van der Waals surface area contributed by atoms with E-state index in [2.05, 4.69) is 5.32 Å². The first-order chi connectivity index (χ1) is 7.09. The van der Waals surface area contributed by atoms with E-state index in [9.17, 15) is 4.39 Å². The molecule has 3 nitrogen and oxygen atoms in total. The molecule has 4 heteroatoms. The lowest BCUT2D eigenvalue weighted by molar-refractivity contribution is 0.183. The van der Waals surface area contributed by atoms with Crippen LogP contribution in [0.5, 0.6) is 0 Å². The quantitative estimate of drug-likeness (QED) is 0.516. The monoisotopic (exact) mass is 212 g/mol. The molecule has 15 heavy (non-hydrogen) atoms. The second kappa shape index (κ2) is 5.56. The third kappa shape index (κ3) is 4.16. The fraction of sp³-hybridized carbons (Fsp3) is 0.455.